The molecule has 0 radical (unpaired) electrons. The van der Waals surface area contributed by atoms with Crippen molar-refractivity contribution in [3.05, 3.63) is 24.0 Å². The lowest BCUT2D eigenvalue weighted by atomic mass is 9.98. The second-order valence-electron chi connectivity index (χ2n) is 7.64. The van der Waals surface area contributed by atoms with E-state index in [9.17, 15) is 8.42 Å². The summed E-state index contributed by atoms with van der Waals surface area (Å²) in [5, 5.41) is 3.43. The predicted molar refractivity (Wildman–Crippen MR) is 116 cm³/mol. The predicted octanol–water partition coefficient (Wildman–Crippen LogP) is 4.00. The van der Waals surface area contributed by atoms with Gasteiger partial charge in [-0.05, 0) is 70.2 Å². The van der Waals surface area contributed by atoms with E-state index in [2.05, 4.69) is 47.1 Å². The van der Waals surface area contributed by atoms with Gasteiger partial charge in [0.05, 0.1) is 5.75 Å². The van der Waals surface area contributed by atoms with Crippen molar-refractivity contribution >= 4 is 10.0 Å². The molecule has 1 aliphatic rings. The Labute approximate surface area is 167 Å². The summed E-state index contributed by atoms with van der Waals surface area (Å²) in [6.07, 6.45) is 14.4. The van der Waals surface area contributed by atoms with Crippen LogP contribution in [0.5, 0.6) is 0 Å². The fraction of sp³-hybridized carbons (Fsp3) is 0.810. The second kappa shape index (κ2) is 13.2. The van der Waals surface area contributed by atoms with Crippen molar-refractivity contribution in [2.24, 2.45) is 5.92 Å². The van der Waals surface area contributed by atoms with E-state index >= 15 is 0 Å². The molecule has 0 aromatic heterocycles. The number of hydrogen-bond acceptors (Lipinski definition) is 4. The van der Waals surface area contributed by atoms with Crippen molar-refractivity contribution in [3.8, 4) is 0 Å². The molecule has 1 aliphatic heterocycles. The summed E-state index contributed by atoms with van der Waals surface area (Å²) in [5.74, 6) is 0.701. The van der Waals surface area contributed by atoms with Crippen LogP contribution in [0.4, 0.5) is 0 Å². The molecule has 6 heteroatoms. The summed E-state index contributed by atoms with van der Waals surface area (Å²) in [7, 11) is -3.11. The normalized spacial score (nSPS) is 18.2. The summed E-state index contributed by atoms with van der Waals surface area (Å²) < 4.78 is 26.0. The van der Waals surface area contributed by atoms with Crippen LogP contribution in [-0.4, -0.2) is 44.7 Å². The SMILES string of the molecule is CCC/C(=C\C=C\NC[C@@H](CC)CC[C@H](C)NS(=O)(=O)CC)N1CCCC1. The number of allylic oxidation sites excluding steroid dienone is 3. The number of nitrogens with zero attached hydrogens (tertiary/aromatic N) is 1. The summed E-state index contributed by atoms with van der Waals surface area (Å²) in [5.41, 5.74) is 1.46. The van der Waals surface area contributed by atoms with Gasteiger partial charge in [0.25, 0.3) is 0 Å². The molecule has 1 saturated heterocycles. The molecule has 0 aromatic carbocycles. The first-order valence-corrected chi connectivity index (χ1v) is 12.4. The van der Waals surface area contributed by atoms with E-state index in [4.69, 9.17) is 0 Å². The molecule has 27 heavy (non-hydrogen) atoms. The molecule has 2 atom stereocenters. The van der Waals surface area contributed by atoms with Gasteiger partial charge in [0, 0.05) is 31.4 Å². The molecule has 0 unspecified atom stereocenters. The van der Waals surface area contributed by atoms with Crippen molar-refractivity contribution in [3.63, 3.8) is 0 Å². The number of rotatable bonds is 14. The smallest absolute Gasteiger partial charge is 0.211 e. The van der Waals surface area contributed by atoms with Crippen LogP contribution in [0.3, 0.4) is 0 Å². The van der Waals surface area contributed by atoms with Gasteiger partial charge in [0.15, 0.2) is 0 Å². The molecule has 1 fully saturated rings. The van der Waals surface area contributed by atoms with Crippen LogP contribution >= 0.6 is 0 Å². The van der Waals surface area contributed by atoms with Gasteiger partial charge in [-0.2, -0.15) is 0 Å². The van der Waals surface area contributed by atoms with Gasteiger partial charge >= 0.3 is 0 Å². The van der Waals surface area contributed by atoms with Gasteiger partial charge < -0.3 is 10.2 Å². The summed E-state index contributed by atoms with van der Waals surface area (Å²) >= 11 is 0. The molecule has 1 heterocycles. The average molecular weight is 400 g/mol. The molecule has 0 aromatic rings. The summed E-state index contributed by atoms with van der Waals surface area (Å²) in [4.78, 5) is 2.52. The van der Waals surface area contributed by atoms with Gasteiger partial charge in [-0.25, -0.2) is 13.1 Å². The first-order valence-electron chi connectivity index (χ1n) is 10.8. The molecule has 0 aliphatic carbocycles. The maximum atomic E-state index is 11.6. The minimum Gasteiger partial charge on any atom is -0.391 e. The molecular formula is C21H41N3O2S. The maximum absolute atomic E-state index is 11.6. The fourth-order valence-electron chi connectivity index (χ4n) is 3.45. The van der Waals surface area contributed by atoms with E-state index in [1.165, 1.54) is 38.0 Å². The van der Waals surface area contributed by atoms with E-state index in [-0.39, 0.29) is 11.8 Å². The molecular weight excluding hydrogens is 358 g/mol. The molecule has 0 saturated carbocycles. The van der Waals surface area contributed by atoms with E-state index in [0.717, 1.165) is 32.2 Å². The highest BCUT2D eigenvalue weighted by Gasteiger charge is 2.14. The maximum Gasteiger partial charge on any atom is 0.211 e. The van der Waals surface area contributed by atoms with Crippen LogP contribution in [-0.2, 0) is 10.0 Å². The van der Waals surface area contributed by atoms with Crippen LogP contribution < -0.4 is 10.0 Å². The van der Waals surface area contributed by atoms with Gasteiger partial charge in [0.2, 0.25) is 10.0 Å². The first kappa shape index (κ1) is 24.0. The molecule has 1 rings (SSSR count). The van der Waals surface area contributed by atoms with Gasteiger partial charge in [-0.15, -0.1) is 0 Å². The van der Waals surface area contributed by atoms with Crippen molar-refractivity contribution in [1.82, 2.24) is 14.9 Å². The highest BCUT2D eigenvalue weighted by atomic mass is 32.2. The molecule has 0 bridgehead atoms. The molecule has 2 N–H and O–H groups in total. The number of sulfonamides is 1. The van der Waals surface area contributed by atoms with Crippen LogP contribution in [0.25, 0.3) is 0 Å². The lowest BCUT2D eigenvalue weighted by Crippen LogP contribution is -2.34. The fourth-order valence-corrected chi connectivity index (χ4v) is 4.35. The van der Waals surface area contributed by atoms with E-state index < -0.39 is 10.0 Å². The zero-order chi connectivity index (χ0) is 20.1. The Morgan fingerprint density at radius 3 is 2.44 bits per heavy atom. The largest absolute Gasteiger partial charge is 0.391 e. The average Bonchev–Trinajstić information content (AvgIpc) is 3.17. The van der Waals surface area contributed by atoms with Crippen molar-refractivity contribution in [2.75, 3.05) is 25.4 Å². The third kappa shape index (κ3) is 10.2. The van der Waals surface area contributed by atoms with Crippen LogP contribution in [0.2, 0.25) is 0 Å². The Kier molecular flexibility index (Phi) is 11.8. The number of nitrogens with one attached hydrogen (secondary N) is 2. The molecule has 0 amide bonds. The van der Waals surface area contributed by atoms with Crippen molar-refractivity contribution in [2.45, 2.75) is 78.7 Å². The lowest BCUT2D eigenvalue weighted by Gasteiger charge is -2.21. The number of hydrogen-bond donors (Lipinski definition) is 2. The Hall–Kier alpha value is -1.01. The van der Waals surface area contributed by atoms with Gasteiger partial charge in [0.1, 0.15) is 0 Å². The van der Waals surface area contributed by atoms with Crippen LogP contribution in [0.1, 0.15) is 72.6 Å². The van der Waals surface area contributed by atoms with Crippen LogP contribution in [0.15, 0.2) is 24.0 Å². The quantitative estimate of drug-likeness (QED) is 0.433. The molecule has 5 nitrogen and oxygen atoms in total. The Morgan fingerprint density at radius 2 is 1.85 bits per heavy atom. The summed E-state index contributed by atoms with van der Waals surface area (Å²) in [6.45, 7) is 11.4. The monoisotopic (exact) mass is 399 g/mol. The van der Waals surface area contributed by atoms with E-state index in [0.29, 0.717) is 5.92 Å². The zero-order valence-corrected chi connectivity index (χ0v) is 18.7. The minimum atomic E-state index is -3.11. The Bertz CT molecular complexity index is 552. The van der Waals surface area contributed by atoms with Gasteiger partial charge in [-0.1, -0.05) is 26.7 Å². The molecule has 158 valence electrons. The highest BCUT2D eigenvalue weighted by Crippen LogP contribution is 2.18. The third-order valence-corrected chi connectivity index (χ3v) is 6.80. The van der Waals surface area contributed by atoms with E-state index in [1.54, 1.807) is 6.92 Å². The summed E-state index contributed by atoms with van der Waals surface area (Å²) in [6, 6.07) is -0.000427. The van der Waals surface area contributed by atoms with Crippen molar-refractivity contribution < 1.29 is 8.42 Å². The van der Waals surface area contributed by atoms with Crippen molar-refractivity contribution in [1.29, 1.82) is 0 Å². The highest BCUT2D eigenvalue weighted by molar-refractivity contribution is 7.89. The standard InChI is InChI=1S/C21H41N3O2S/c1-5-11-21(24-16-8-9-17-24)12-10-15-22-18-20(6-2)14-13-19(4)23-27(25,26)7-3/h10,12,15,19-20,22-23H,5-9,11,13-14,16-18H2,1-4H3/b15-10+,21-12+/t19-,20-/m0/s1. The lowest BCUT2D eigenvalue weighted by molar-refractivity contribution is 0.407. The topological polar surface area (TPSA) is 61.4 Å². The van der Waals surface area contributed by atoms with E-state index in [1.807, 2.05) is 6.92 Å². The van der Waals surface area contributed by atoms with Crippen LogP contribution in [0, 0.1) is 5.92 Å². The third-order valence-electron chi connectivity index (χ3n) is 5.27. The minimum absolute atomic E-state index is 0.000427. The number of likely N-dealkylation sites (tertiary alicyclic amines) is 1. The Balaban J connectivity index is 2.36. The Morgan fingerprint density at radius 1 is 1.15 bits per heavy atom. The van der Waals surface area contributed by atoms with Gasteiger partial charge in [-0.3, -0.25) is 0 Å². The first-order chi connectivity index (χ1) is 12.9. The zero-order valence-electron chi connectivity index (χ0n) is 17.8. The second-order valence-corrected chi connectivity index (χ2v) is 9.69. The molecule has 0 spiro atoms.